The Kier molecular flexibility index (Phi) is 4.31. The Hall–Kier alpha value is -1.58. The molecule has 0 spiro atoms. The van der Waals surface area contributed by atoms with Crippen molar-refractivity contribution in [3.63, 3.8) is 0 Å². The van der Waals surface area contributed by atoms with E-state index >= 15 is 0 Å². The van der Waals surface area contributed by atoms with Crippen LogP contribution in [0.25, 0.3) is 0 Å². The van der Waals surface area contributed by atoms with E-state index in [-0.39, 0.29) is 17.1 Å². The summed E-state index contributed by atoms with van der Waals surface area (Å²) in [7, 11) is 0. The molecule has 0 aliphatic rings. The van der Waals surface area contributed by atoms with Gasteiger partial charge in [0, 0.05) is 5.02 Å². The molecule has 2 rings (SSSR count). The molecule has 0 saturated carbocycles. The van der Waals surface area contributed by atoms with Crippen molar-refractivity contribution in [2.24, 2.45) is 0 Å². The molecule has 2 aromatic rings. The summed E-state index contributed by atoms with van der Waals surface area (Å²) < 4.78 is 19.2. The van der Waals surface area contributed by atoms with Crippen molar-refractivity contribution in [3.05, 3.63) is 57.3 Å². The molecule has 0 saturated heterocycles. The van der Waals surface area contributed by atoms with Crippen molar-refractivity contribution in [2.45, 2.75) is 13.8 Å². The van der Waals surface area contributed by atoms with Gasteiger partial charge in [0.2, 0.25) is 0 Å². The van der Waals surface area contributed by atoms with E-state index in [0.717, 1.165) is 6.07 Å². The second kappa shape index (κ2) is 5.81. The average molecular weight is 313 g/mol. The molecule has 0 aliphatic carbocycles. The molecular weight excluding hydrogens is 302 g/mol. The number of carbonyl (C=O) groups excluding carboxylic acids is 1. The van der Waals surface area contributed by atoms with Crippen LogP contribution in [0.5, 0.6) is 11.5 Å². The smallest absolute Gasteiger partial charge is 0.163 e. The first-order valence-electron chi connectivity index (χ1n) is 5.82. The second-order valence-corrected chi connectivity index (χ2v) is 5.17. The molecule has 0 radical (unpaired) electrons. The van der Waals surface area contributed by atoms with Crippen molar-refractivity contribution >= 4 is 29.0 Å². The highest BCUT2D eigenvalue weighted by molar-refractivity contribution is 6.35. The van der Waals surface area contributed by atoms with Crippen LogP contribution in [0, 0.1) is 12.7 Å². The van der Waals surface area contributed by atoms with Crippen molar-refractivity contribution in [1.82, 2.24) is 0 Å². The highest BCUT2D eigenvalue weighted by Gasteiger charge is 2.14. The van der Waals surface area contributed by atoms with E-state index < -0.39 is 5.82 Å². The molecule has 5 heteroatoms. The molecule has 0 aliphatic heterocycles. The number of ether oxygens (including phenoxy) is 1. The predicted octanol–water partition coefficient (Wildman–Crippen LogP) is 5.44. The highest BCUT2D eigenvalue weighted by atomic mass is 35.5. The van der Waals surface area contributed by atoms with Gasteiger partial charge in [-0.2, -0.15) is 0 Å². The minimum atomic E-state index is -0.454. The minimum absolute atomic E-state index is 0.166. The summed E-state index contributed by atoms with van der Waals surface area (Å²) in [5, 5.41) is 0.790. The molecule has 0 unspecified atom stereocenters. The molecule has 20 heavy (non-hydrogen) atoms. The number of ketones is 1. The molecule has 2 aromatic carbocycles. The number of benzene rings is 2. The summed E-state index contributed by atoms with van der Waals surface area (Å²) in [6.45, 7) is 2.94. The largest absolute Gasteiger partial charge is 0.455 e. The van der Waals surface area contributed by atoms with Crippen LogP contribution in [0.3, 0.4) is 0 Å². The van der Waals surface area contributed by atoms with E-state index in [2.05, 4.69) is 0 Å². The Balaban J connectivity index is 2.47. The van der Waals surface area contributed by atoms with Gasteiger partial charge in [0.25, 0.3) is 0 Å². The highest BCUT2D eigenvalue weighted by Crippen LogP contribution is 2.34. The molecule has 0 heterocycles. The van der Waals surface area contributed by atoms with Gasteiger partial charge in [-0.05, 0) is 49.7 Å². The lowest BCUT2D eigenvalue weighted by Crippen LogP contribution is -2.00. The average Bonchev–Trinajstić information content (AvgIpc) is 2.36. The zero-order valence-electron chi connectivity index (χ0n) is 10.8. The third-order valence-electron chi connectivity index (χ3n) is 2.75. The van der Waals surface area contributed by atoms with E-state index in [1.807, 2.05) is 0 Å². The zero-order valence-corrected chi connectivity index (χ0v) is 12.3. The van der Waals surface area contributed by atoms with Gasteiger partial charge in [-0.25, -0.2) is 4.39 Å². The van der Waals surface area contributed by atoms with Gasteiger partial charge >= 0.3 is 0 Å². The van der Waals surface area contributed by atoms with Crippen LogP contribution in [0.4, 0.5) is 4.39 Å². The first-order valence-corrected chi connectivity index (χ1v) is 6.58. The number of aryl methyl sites for hydroxylation is 1. The Labute approximate surface area is 126 Å². The second-order valence-electron chi connectivity index (χ2n) is 4.33. The first kappa shape index (κ1) is 14.8. The van der Waals surface area contributed by atoms with Crippen LogP contribution in [0.2, 0.25) is 10.0 Å². The molecule has 0 fully saturated rings. The summed E-state index contributed by atoms with van der Waals surface area (Å²) in [4.78, 5) is 11.6. The van der Waals surface area contributed by atoms with Crippen LogP contribution < -0.4 is 4.74 Å². The Morgan fingerprint density at radius 3 is 2.45 bits per heavy atom. The number of hydrogen-bond donors (Lipinski definition) is 0. The van der Waals surface area contributed by atoms with Gasteiger partial charge in [-0.3, -0.25) is 4.79 Å². The maximum absolute atomic E-state index is 13.5. The quantitative estimate of drug-likeness (QED) is 0.706. The molecular formula is C15H11Cl2FO2. The fraction of sp³-hybridized carbons (Fsp3) is 0.133. The summed E-state index contributed by atoms with van der Waals surface area (Å²) in [5.74, 6) is -0.126. The van der Waals surface area contributed by atoms with E-state index in [4.69, 9.17) is 27.9 Å². The van der Waals surface area contributed by atoms with Gasteiger partial charge in [0.05, 0.1) is 10.6 Å². The standard InChI is InChI=1S/C15H11Cl2FO2/c1-8-5-15(11(9(2)19)7-13(8)18)20-14-4-3-10(16)6-12(14)17/h3-7H,1-2H3. The third kappa shape index (κ3) is 3.11. The summed E-state index contributed by atoms with van der Waals surface area (Å²) in [6.07, 6.45) is 0. The SMILES string of the molecule is CC(=O)c1cc(F)c(C)cc1Oc1ccc(Cl)cc1Cl. The number of hydrogen-bond acceptors (Lipinski definition) is 2. The molecule has 0 aromatic heterocycles. The van der Waals surface area contributed by atoms with Crippen molar-refractivity contribution in [3.8, 4) is 11.5 Å². The lowest BCUT2D eigenvalue weighted by atomic mass is 10.1. The van der Waals surface area contributed by atoms with Crippen molar-refractivity contribution in [1.29, 1.82) is 0 Å². The normalized spacial score (nSPS) is 10.4. The van der Waals surface area contributed by atoms with Gasteiger partial charge in [-0.1, -0.05) is 23.2 Å². The summed E-state index contributed by atoms with van der Waals surface area (Å²) in [6, 6.07) is 7.37. The molecule has 0 bridgehead atoms. The Morgan fingerprint density at radius 1 is 1.15 bits per heavy atom. The number of rotatable bonds is 3. The monoisotopic (exact) mass is 312 g/mol. The van der Waals surface area contributed by atoms with Crippen molar-refractivity contribution < 1.29 is 13.9 Å². The Bertz CT molecular complexity index is 684. The van der Waals surface area contributed by atoms with Crippen LogP contribution in [-0.2, 0) is 0 Å². The van der Waals surface area contributed by atoms with Crippen LogP contribution >= 0.6 is 23.2 Å². The summed E-state index contributed by atoms with van der Waals surface area (Å²) >= 11 is 11.8. The molecule has 0 atom stereocenters. The fourth-order valence-corrected chi connectivity index (χ4v) is 2.14. The zero-order chi connectivity index (χ0) is 14.9. The number of halogens is 3. The van der Waals surface area contributed by atoms with Gasteiger partial charge in [-0.15, -0.1) is 0 Å². The predicted molar refractivity (Wildman–Crippen MR) is 77.7 cm³/mol. The van der Waals surface area contributed by atoms with E-state index in [1.54, 1.807) is 19.1 Å². The first-order chi connectivity index (χ1) is 9.38. The fourth-order valence-electron chi connectivity index (χ4n) is 1.69. The molecule has 0 amide bonds. The molecule has 0 N–H and O–H groups in total. The van der Waals surface area contributed by atoms with E-state index in [1.165, 1.54) is 19.1 Å². The Morgan fingerprint density at radius 2 is 1.85 bits per heavy atom. The molecule has 104 valence electrons. The number of Topliss-reactive ketones (excluding diaryl/α,β-unsaturated/α-hetero) is 1. The van der Waals surface area contributed by atoms with Gasteiger partial charge in [0.15, 0.2) is 5.78 Å². The van der Waals surface area contributed by atoms with Crippen LogP contribution in [0.15, 0.2) is 30.3 Å². The van der Waals surface area contributed by atoms with Crippen LogP contribution in [0.1, 0.15) is 22.8 Å². The maximum atomic E-state index is 13.5. The minimum Gasteiger partial charge on any atom is -0.455 e. The topological polar surface area (TPSA) is 26.3 Å². The third-order valence-corrected chi connectivity index (χ3v) is 3.28. The van der Waals surface area contributed by atoms with Gasteiger partial charge in [0.1, 0.15) is 17.3 Å². The van der Waals surface area contributed by atoms with E-state index in [9.17, 15) is 9.18 Å². The summed E-state index contributed by atoms with van der Waals surface area (Å²) in [5.41, 5.74) is 0.550. The number of carbonyl (C=O) groups is 1. The lowest BCUT2D eigenvalue weighted by molar-refractivity contribution is 0.101. The maximum Gasteiger partial charge on any atom is 0.163 e. The van der Waals surface area contributed by atoms with Crippen LogP contribution in [-0.4, -0.2) is 5.78 Å². The van der Waals surface area contributed by atoms with Crippen molar-refractivity contribution in [2.75, 3.05) is 0 Å². The van der Waals surface area contributed by atoms with Gasteiger partial charge < -0.3 is 4.74 Å². The lowest BCUT2D eigenvalue weighted by Gasteiger charge is -2.12. The van der Waals surface area contributed by atoms with E-state index in [0.29, 0.717) is 21.4 Å². The molecule has 2 nitrogen and oxygen atoms in total.